The number of aryl methyl sites for hydroxylation is 1. The predicted molar refractivity (Wildman–Crippen MR) is 127 cm³/mol. The van der Waals surface area contributed by atoms with Gasteiger partial charge in [-0.25, -0.2) is 9.48 Å². The fraction of sp³-hybridized carbons (Fsp3) is 0.333. The summed E-state index contributed by atoms with van der Waals surface area (Å²) in [6.45, 7) is 1.79. The molecular weight excluding hydrogens is 509 g/mol. The van der Waals surface area contributed by atoms with E-state index in [1.54, 1.807) is 25.1 Å². The van der Waals surface area contributed by atoms with Gasteiger partial charge >= 0.3 is 5.97 Å². The lowest BCUT2D eigenvalue weighted by Gasteiger charge is -2.08. The van der Waals surface area contributed by atoms with Crippen LogP contribution in [0.4, 0.5) is 5.00 Å². The molecule has 12 heteroatoms. The minimum atomic E-state index is -0.425. The van der Waals surface area contributed by atoms with Gasteiger partial charge in [-0.15, -0.1) is 16.4 Å². The van der Waals surface area contributed by atoms with Gasteiger partial charge in [0.15, 0.2) is 6.61 Å². The fourth-order valence-corrected chi connectivity index (χ4v) is 5.41. The number of rotatable bonds is 8. The van der Waals surface area contributed by atoms with Gasteiger partial charge in [-0.1, -0.05) is 23.2 Å². The van der Waals surface area contributed by atoms with E-state index < -0.39 is 11.9 Å². The maximum atomic E-state index is 12.7. The van der Waals surface area contributed by atoms with Crippen LogP contribution in [0.5, 0.6) is 5.75 Å². The highest BCUT2D eigenvalue weighted by Crippen LogP contribution is 2.39. The second kappa shape index (κ2) is 10.3. The van der Waals surface area contributed by atoms with Gasteiger partial charge in [-0.2, -0.15) is 0 Å². The smallest absolute Gasteiger partial charge is 0.341 e. The van der Waals surface area contributed by atoms with Crippen LogP contribution in [0.15, 0.2) is 22.6 Å². The first-order chi connectivity index (χ1) is 15.9. The zero-order valence-corrected chi connectivity index (χ0v) is 20.6. The van der Waals surface area contributed by atoms with Crippen LogP contribution in [0.3, 0.4) is 0 Å². The molecule has 0 fully saturated rings. The topological polar surface area (TPSA) is 95.6 Å². The van der Waals surface area contributed by atoms with Crippen LogP contribution >= 0.6 is 46.8 Å². The molecule has 1 amide bonds. The van der Waals surface area contributed by atoms with Crippen molar-refractivity contribution in [2.24, 2.45) is 0 Å². The number of aromatic nitrogens is 2. The summed E-state index contributed by atoms with van der Waals surface area (Å²) < 4.78 is 17.4. The van der Waals surface area contributed by atoms with E-state index in [1.807, 2.05) is 0 Å². The monoisotopic (exact) mass is 527 g/mol. The highest BCUT2D eigenvalue weighted by molar-refractivity contribution is 7.71. The molecule has 3 aromatic rings. The van der Waals surface area contributed by atoms with Crippen LogP contribution in [0.1, 0.15) is 40.0 Å². The van der Waals surface area contributed by atoms with Crippen LogP contribution in [0.2, 0.25) is 10.0 Å². The number of benzene rings is 1. The Hall–Kier alpha value is -2.40. The summed E-state index contributed by atoms with van der Waals surface area (Å²) in [6.07, 6.45) is 2.67. The lowest BCUT2D eigenvalue weighted by atomic mass is 10.1. The van der Waals surface area contributed by atoms with Crippen LogP contribution in [0, 0.1) is 4.84 Å². The summed E-state index contributed by atoms with van der Waals surface area (Å²) >= 11 is 18.5. The van der Waals surface area contributed by atoms with Crippen molar-refractivity contribution in [2.75, 3.05) is 11.9 Å². The Balaban J connectivity index is 1.43. The third-order valence-electron chi connectivity index (χ3n) is 4.84. The molecule has 0 saturated heterocycles. The molecular formula is C21H19Cl2N3O5S2. The second-order valence-corrected chi connectivity index (χ2v) is 9.41. The number of esters is 1. The summed E-state index contributed by atoms with van der Waals surface area (Å²) in [6, 6.07) is 4.83. The molecule has 1 aliphatic rings. The number of nitrogens with one attached hydrogen (secondary N) is 1. The Morgan fingerprint density at radius 3 is 2.91 bits per heavy atom. The van der Waals surface area contributed by atoms with E-state index in [0.29, 0.717) is 26.4 Å². The van der Waals surface area contributed by atoms with Crippen LogP contribution < -0.4 is 10.1 Å². The van der Waals surface area contributed by atoms with E-state index in [-0.39, 0.29) is 30.5 Å². The number of hydrogen-bond donors (Lipinski definition) is 1. The molecule has 8 nitrogen and oxygen atoms in total. The third-order valence-corrected chi connectivity index (χ3v) is 6.87. The maximum absolute atomic E-state index is 12.7. The number of hydrogen-bond acceptors (Lipinski definition) is 8. The van der Waals surface area contributed by atoms with Gasteiger partial charge in [0.05, 0.1) is 17.2 Å². The van der Waals surface area contributed by atoms with Gasteiger partial charge < -0.3 is 19.2 Å². The molecule has 33 heavy (non-hydrogen) atoms. The Labute approximate surface area is 208 Å². The van der Waals surface area contributed by atoms with Gasteiger partial charge in [0.25, 0.3) is 10.7 Å². The summed E-state index contributed by atoms with van der Waals surface area (Å²) in [5.74, 6) is -0.225. The van der Waals surface area contributed by atoms with E-state index in [2.05, 4.69) is 10.4 Å². The molecule has 0 spiro atoms. The van der Waals surface area contributed by atoms with E-state index >= 15 is 0 Å². The van der Waals surface area contributed by atoms with Gasteiger partial charge in [0, 0.05) is 9.90 Å². The molecule has 2 aromatic heterocycles. The molecule has 0 atom stereocenters. The van der Waals surface area contributed by atoms with Crippen LogP contribution in [0.25, 0.3) is 0 Å². The molecule has 174 valence electrons. The number of carbonyl (C=O) groups excluding carboxylic acids is 2. The molecule has 0 unspecified atom stereocenters. The Morgan fingerprint density at radius 1 is 1.33 bits per heavy atom. The highest BCUT2D eigenvalue weighted by atomic mass is 35.5. The maximum Gasteiger partial charge on any atom is 0.341 e. The minimum absolute atomic E-state index is 0.0187. The predicted octanol–water partition coefficient (Wildman–Crippen LogP) is 5.46. The van der Waals surface area contributed by atoms with E-state index in [9.17, 15) is 9.59 Å². The van der Waals surface area contributed by atoms with Crippen molar-refractivity contribution in [2.45, 2.75) is 39.3 Å². The third kappa shape index (κ3) is 5.40. The molecule has 0 bridgehead atoms. The quantitative estimate of drug-likeness (QED) is 0.307. The average Bonchev–Trinajstić information content (AvgIpc) is 3.42. The number of anilines is 1. The van der Waals surface area contributed by atoms with Crippen LogP contribution in [-0.2, 0) is 35.5 Å². The normalized spacial score (nSPS) is 12.5. The van der Waals surface area contributed by atoms with Crippen molar-refractivity contribution in [3.8, 4) is 5.75 Å². The molecule has 0 radical (unpaired) electrons. The van der Waals surface area contributed by atoms with Crippen molar-refractivity contribution in [3.63, 3.8) is 0 Å². The number of halogens is 2. The van der Waals surface area contributed by atoms with Gasteiger partial charge in [-0.3, -0.25) is 4.79 Å². The zero-order valence-electron chi connectivity index (χ0n) is 17.5. The van der Waals surface area contributed by atoms with E-state index in [4.69, 9.17) is 49.3 Å². The van der Waals surface area contributed by atoms with Crippen molar-refractivity contribution in [3.05, 3.63) is 55.0 Å². The van der Waals surface area contributed by atoms with Crippen LogP contribution in [-0.4, -0.2) is 28.3 Å². The van der Waals surface area contributed by atoms with E-state index in [1.165, 1.54) is 16.0 Å². The SMILES string of the molecule is CCOC(=O)c1c(NC(=O)Cn2nc(COc3ccc(Cl)cc3Cl)oc2=S)sc2c1CCC2. The highest BCUT2D eigenvalue weighted by Gasteiger charge is 2.28. The lowest BCUT2D eigenvalue weighted by molar-refractivity contribution is -0.116. The second-order valence-electron chi connectivity index (χ2n) is 7.11. The Kier molecular flexibility index (Phi) is 7.38. The van der Waals surface area contributed by atoms with Crippen molar-refractivity contribution >= 4 is 63.6 Å². The van der Waals surface area contributed by atoms with E-state index in [0.717, 1.165) is 29.7 Å². The lowest BCUT2D eigenvalue weighted by Crippen LogP contribution is -2.21. The first-order valence-corrected chi connectivity index (χ1v) is 12.1. The summed E-state index contributed by atoms with van der Waals surface area (Å²) in [5, 5.41) is 8.32. The van der Waals surface area contributed by atoms with Crippen molar-refractivity contribution in [1.29, 1.82) is 0 Å². The molecule has 0 saturated carbocycles. The Morgan fingerprint density at radius 2 is 2.15 bits per heavy atom. The first-order valence-electron chi connectivity index (χ1n) is 10.1. The number of thiophene rings is 1. The van der Waals surface area contributed by atoms with Gasteiger partial charge in [0.2, 0.25) is 5.91 Å². The molecule has 1 aromatic carbocycles. The summed E-state index contributed by atoms with van der Waals surface area (Å²) in [5.41, 5.74) is 1.41. The number of ether oxygens (including phenoxy) is 2. The minimum Gasteiger partial charge on any atom is -0.482 e. The van der Waals surface area contributed by atoms with Gasteiger partial charge in [0.1, 0.15) is 17.3 Å². The Bertz CT molecular complexity index is 1270. The molecule has 0 aliphatic heterocycles. The van der Waals surface area contributed by atoms with Crippen molar-refractivity contribution in [1.82, 2.24) is 9.78 Å². The zero-order chi connectivity index (χ0) is 23.5. The van der Waals surface area contributed by atoms with Crippen molar-refractivity contribution < 1.29 is 23.5 Å². The number of carbonyl (C=O) groups is 2. The molecule has 1 N–H and O–H groups in total. The van der Waals surface area contributed by atoms with Gasteiger partial charge in [-0.05, 0) is 62.2 Å². The molecule has 4 rings (SSSR count). The largest absolute Gasteiger partial charge is 0.482 e. The number of amides is 1. The number of nitrogens with zero attached hydrogens (tertiary/aromatic N) is 2. The standard InChI is InChI=1S/C21H19Cl2N3O5S2/c1-2-29-20(28)18-12-4-3-5-15(12)33-19(18)24-16(27)9-26-21(32)31-17(25-26)10-30-14-7-6-11(22)8-13(14)23/h6-8H,2-5,9-10H2,1H3,(H,24,27). The molecule has 2 heterocycles. The average molecular weight is 528 g/mol. The summed E-state index contributed by atoms with van der Waals surface area (Å²) in [4.78, 5) is 26.3. The summed E-state index contributed by atoms with van der Waals surface area (Å²) in [7, 11) is 0. The number of fused-ring (bicyclic) bond motifs is 1. The fourth-order valence-electron chi connectivity index (χ4n) is 3.45. The molecule has 1 aliphatic carbocycles. The first kappa shape index (κ1) is 23.7.